The monoisotopic (exact) mass is 275 g/mol. The summed E-state index contributed by atoms with van der Waals surface area (Å²) in [5.41, 5.74) is 5.60. The maximum atomic E-state index is 8.91. The van der Waals surface area contributed by atoms with E-state index in [9.17, 15) is 0 Å². The highest BCUT2D eigenvalue weighted by Gasteiger charge is 2.12. The second kappa shape index (κ2) is 6.11. The molecular formula is C18H17N3. The van der Waals surface area contributed by atoms with Gasteiger partial charge in [0.1, 0.15) is 17.7 Å². The Bertz CT molecular complexity index is 764. The average Bonchev–Trinajstić information content (AvgIpc) is 2.78. The molecule has 0 saturated heterocycles. The number of hydrogen-bond donors (Lipinski definition) is 0. The van der Waals surface area contributed by atoms with Gasteiger partial charge in [0.15, 0.2) is 0 Å². The van der Waals surface area contributed by atoms with Gasteiger partial charge in [-0.1, -0.05) is 25.1 Å². The molecule has 1 aromatic carbocycles. The van der Waals surface area contributed by atoms with Gasteiger partial charge in [-0.25, -0.2) is 0 Å². The van der Waals surface area contributed by atoms with Crippen molar-refractivity contribution in [2.45, 2.75) is 27.2 Å². The topological polar surface area (TPSA) is 52.5 Å². The van der Waals surface area contributed by atoms with E-state index in [0.717, 1.165) is 29.1 Å². The van der Waals surface area contributed by atoms with Gasteiger partial charge in [-0.15, -0.1) is 0 Å². The van der Waals surface area contributed by atoms with Crippen LogP contribution in [-0.2, 0) is 6.42 Å². The lowest BCUT2D eigenvalue weighted by Crippen LogP contribution is -2.02. The quantitative estimate of drug-likeness (QED) is 0.792. The molecule has 0 N–H and O–H groups in total. The molecule has 0 aliphatic rings. The van der Waals surface area contributed by atoms with Crippen LogP contribution >= 0.6 is 0 Å². The van der Waals surface area contributed by atoms with Crippen molar-refractivity contribution >= 4 is 6.08 Å². The third kappa shape index (κ3) is 2.73. The molecule has 2 aromatic rings. The summed E-state index contributed by atoms with van der Waals surface area (Å²) in [5.74, 6) is 0. The van der Waals surface area contributed by atoms with Crippen LogP contribution in [0.2, 0.25) is 0 Å². The summed E-state index contributed by atoms with van der Waals surface area (Å²) >= 11 is 0. The highest BCUT2D eigenvalue weighted by atomic mass is 15.0. The Morgan fingerprint density at radius 1 is 1.19 bits per heavy atom. The van der Waals surface area contributed by atoms with E-state index >= 15 is 0 Å². The lowest BCUT2D eigenvalue weighted by atomic mass is 10.1. The standard InChI is InChI=1S/C18H17N3/c1-4-16-7-5-6-8-18(16)21-13(2)9-17(14(21)3)10-15(11-19)12-20/h5-10H,4H2,1-3H3. The van der Waals surface area contributed by atoms with Gasteiger partial charge in [0.05, 0.1) is 0 Å². The van der Waals surface area contributed by atoms with E-state index in [1.807, 2.05) is 44.2 Å². The van der Waals surface area contributed by atoms with Crippen molar-refractivity contribution in [3.05, 3.63) is 58.4 Å². The predicted octanol–water partition coefficient (Wildman–Crippen LogP) is 4.09. The van der Waals surface area contributed by atoms with Crippen LogP contribution in [-0.4, -0.2) is 4.57 Å². The van der Waals surface area contributed by atoms with Crippen LogP contribution in [0.15, 0.2) is 35.9 Å². The summed E-state index contributed by atoms with van der Waals surface area (Å²) < 4.78 is 2.18. The minimum absolute atomic E-state index is 0.124. The number of allylic oxidation sites excluding steroid dienone is 1. The fourth-order valence-corrected chi connectivity index (χ4v) is 2.58. The Balaban J connectivity index is 2.64. The zero-order valence-corrected chi connectivity index (χ0v) is 12.5. The minimum atomic E-state index is 0.124. The van der Waals surface area contributed by atoms with Crippen LogP contribution in [0.3, 0.4) is 0 Å². The highest BCUT2D eigenvalue weighted by Crippen LogP contribution is 2.25. The molecule has 0 fully saturated rings. The minimum Gasteiger partial charge on any atom is -0.318 e. The molecule has 0 bridgehead atoms. The normalized spacial score (nSPS) is 9.76. The van der Waals surface area contributed by atoms with E-state index in [1.54, 1.807) is 6.08 Å². The molecule has 1 aromatic heterocycles. The molecule has 0 unspecified atom stereocenters. The number of aryl methyl sites for hydroxylation is 2. The Hall–Kier alpha value is -2.78. The number of benzene rings is 1. The van der Waals surface area contributed by atoms with Gasteiger partial charge < -0.3 is 4.57 Å². The van der Waals surface area contributed by atoms with Gasteiger partial charge in [0, 0.05) is 17.1 Å². The van der Waals surface area contributed by atoms with Gasteiger partial charge in [-0.3, -0.25) is 0 Å². The first-order valence-corrected chi connectivity index (χ1v) is 6.91. The largest absolute Gasteiger partial charge is 0.318 e. The lowest BCUT2D eigenvalue weighted by Gasteiger charge is -2.13. The average molecular weight is 275 g/mol. The maximum absolute atomic E-state index is 8.91. The van der Waals surface area contributed by atoms with Gasteiger partial charge in [-0.2, -0.15) is 10.5 Å². The summed E-state index contributed by atoms with van der Waals surface area (Å²) in [6.45, 7) is 6.18. The van der Waals surface area contributed by atoms with E-state index in [2.05, 4.69) is 23.6 Å². The molecule has 0 radical (unpaired) electrons. The highest BCUT2D eigenvalue weighted by molar-refractivity contribution is 5.65. The van der Waals surface area contributed by atoms with E-state index in [1.165, 1.54) is 5.56 Å². The van der Waals surface area contributed by atoms with E-state index in [-0.39, 0.29) is 5.57 Å². The van der Waals surface area contributed by atoms with Crippen molar-refractivity contribution < 1.29 is 0 Å². The van der Waals surface area contributed by atoms with E-state index < -0.39 is 0 Å². The zero-order chi connectivity index (χ0) is 15.4. The van der Waals surface area contributed by atoms with E-state index in [4.69, 9.17) is 10.5 Å². The van der Waals surface area contributed by atoms with Gasteiger partial charge in [0.25, 0.3) is 0 Å². The Morgan fingerprint density at radius 2 is 1.86 bits per heavy atom. The Labute approximate surface area is 125 Å². The summed E-state index contributed by atoms with van der Waals surface area (Å²) in [7, 11) is 0. The lowest BCUT2D eigenvalue weighted by molar-refractivity contribution is 0.936. The van der Waals surface area contributed by atoms with Gasteiger partial charge in [-0.05, 0) is 49.6 Å². The second-order valence-corrected chi connectivity index (χ2v) is 4.93. The summed E-state index contributed by atoms with van der Waals surface area (Å²) in [5, 5.41) is 17.8. The van der Waals surface area contributed by atoms with Crippen LogP contribution in [0.5, 0.6) is 0 Å². The molecule has 2 rings (SSSR count). The molecule has 0 amide bonds. The van der Waals surface area contributed by atoms with Gasteiger partial charge >= 0.3 is 0 Å². The van der Waals surface area contributed by atoms with Gasteiger partial charge in [0.2, 0.25) is 0 Å². The molecule has 3 nitrogen and oxygen atoms in total. The first kappa shape index (κ1) is 14.6. The number of rotatable bonds is 3. The predicted molar refractivity (Wildman–Crippen MR) is 83.8 cm³/mol. The maximum Gasteiger partial charge on any atom is 0.130 e. The van der Waals surface area contributed by atoms with E-state index in [0.29, 0.717) is 0 Å². The Morgan fingerprint density at radius 3 is 2.48 bits per heavy atom. The van der Waals surface area contributed by atoms with Crippen molar-refractivity contribution in [3.8, 4) is 17.8 Å². The summed E-state index contributed by atoms with van der Waals surface area (Å²) in [6.07, 6.45) is 2.60. The number of nitriles is 2. The molecule has 21 heavy (non-hydrogen) atoms. The van der Waals surface area contributed by atoms with Crippen molar-refractivity contribution in [1.82, 2.24) is 4.57 Å². The van der Waals surface area contributed by atoms with Crippen LogP contribution in [0.25, 0.3) is 11.8 Å². The van der Waals surface area contributed by atoms with Crippen LogP contribution in [0.4, 0.5) is 0 Å². The van der Waals surface area contributed by atoms with Crippen molar-refractivity contribution in [2.75, 3.05) is 0 Å². The first-order valence-electron chi connectivity index (χ1n) is 6.91. The molecule has 0 atom stereocenters. The molecule has 0 aliphatic heterocycles. The number of aromatic nitrogens is 1. The molecule has 0 saturated carbocycles. The number of para-hydroxylation sites is 1. The zero-order valence-electron chi connectivity index (χ0n) is 12.5. The summed E-state index contributed by atoms with van der Waals surface area (Å²) in [6, 6.07) is 14.1. The van der Waals surface area contributed by atoms with Crippen molar-refractivity contribution in [1.29, 1.82) is 10.5 Å². The molecule has 3 heteroatoms. The van der Waals surface area contributed by atoms with Crippen LogP contribution in [0, 0.1) is 36.5 Å². The fourth-order valence-electron chi connectivity index (χ4n) is 2.58. The molecule has 0 aliphatic carbocycles. The molecule has 1 heterocycles. The third-order valence-corrected chi connectivity index (χ3v) is 3.62. The Kier molecular flexibility index (Phi) is 4.26. The third-order valence-electron chi connectivity index (χ3n) is 3.62. The molecular weight excluding hydrogens is 258 g/mol. The van der Waals surface area contributed by atoms with Crippen molar-refractivity contribution in [2.24, 2.45) is 0 Å². The number of hydrogen-bond acceptors (Lipinski definition) is 2. The second-order valence-electron chi connectivity index (χ2n) is 4.93. The van der Waals surface area contributed by atoms with Crippen LogP contribution < -0.4 is 0 Å². The fraction of sp³-hybridized carbons (Fsp3) is 0.222. The smallest absolute Gasteiger partial charge is 0.130 e. The molecule has 104 valence electrons. The van der Waals surface area contributed by atoms with Crippen LogP contribution in [0.1, 0.15) is 29.4 Å². The van der Waals surface area contributed by atoms with Crippen molar-refractivity contribution in [3.63, 3.8) is 0 Å². The number of nitrogens with zero attached hydrogens (tertiary/aromatic N) is 3. The SMILES string of the molecule is CCc1ccccc1-n1c(C)cc(C=C(C#N)C#N)c1C. The molecule has 0 spiro atoms. The summed E-state index contributed by atoms with van der Waals surface area (Å²) in [4.78, 5) is 0. The first-order chi connectivity index (χ1) is 10.1.